The molecule has 2 rings (SSSR count). The number of hydrogen-bond acceptors (Lipinski definition) is 3. The lowest BCUT2D eigenvalue weighted by atomic mass is 10.3. The zero-order chi connectivity index (χ0) is 9.97. The van der Waals surface area contributed by atoms with Gasteiger partial charge in [-0.2, -0.15) is 5.10 Å². The molecular weight excluding hydrogens is 182 g/mol. The van der Waals surface area contributed by atoms with Gasteiger partial charge in [0.15, 0.2) is 5.82 Å². The van der Waals surface area contributed by atoms with Crippen LogP contribution in [-0.4, -0.2) is 25.8 Å². The minimum Gasteiger partial charge on any atom is -0.478 e. The summed E-state index contributed by atoms with van der Waals surface area (Å²) in [4.78, 5) is 14.7. The van der Waals surface area contributed by atoms with E-state index in [-0.39, 0.29) is 5.56 Å². The van der Waals surface area contributed by atoms with Crippen LogP contribution in [0.5, 0.6) is 0 Å². The third kappa shape index (κ3) is 1.47. The Morgan fingerprint density at radius 1 is 1.43 bits per heavy atom. The van der Waals surface area contributed by atoms with Gasteiger partial charge in [-0.3, -0.25) is 0 Å². The topological polar surface area (TPSA) is 68.0 Å². The number of carboxylic acids is 1. The lowest BCUT2D eigenvalue weighted by molar-refractivity contribution is 0.0696. The average Bonchev–Trinajstić information content (AvgIpc) is 2.71. The molecular formula is C9H7N3O2. The van der Waals surface area contributed by atoms with Gasteiger partial charge < -0.3 is 5.11 Å². The van der Waals surface area contributed by atoms with Gasteiger partial charge in [0.05, 0.1) is 5.56 Å². The molecule has 1 N–H and O–H groups in total. The molecule has 0 saturated carbocycles. The molecule has 2 aromatic rings. The molecule has 0 aromatic carbocycles. The van der Waals surface area contributed by atoms with Gasteiger partial charge in [-0.25, -0.2) is 14.5 Å². The van der Waals surface area contributed by atoms with Crippen molar-refractivity contribution in [2.24, 2.45) is 0 Å². The van der Waals surface area contributed by atoms with Crippen LogP contribution in [0.3, 0.4) is 0 Å². The van der Waals surface area contributed by atoms with Crippen LogP contribution < -0.4 is 0 Å². The molecule has 0 saturated heterocycles. The van der Waals surface area contributed by atoms with Crippen LogP contribution in [0, 0.1) is 0 Å². The van der Waals surface area contributed by atoms with E-state index in [1.165, 1.54) is 23.0 Å². The van der Waals surface area contributed by atoms with Crippen molar-refractivity contribution < 1.29 is 9.90 Å². The first kappa shape index (κ1) is 8.43. The maximum atomic E-state index is 10.7. The number of carbonyl (C=O) groups is 1. The van der Waals surface area contributed by atoms with Crippen molar-refractivity contribution in [3.63, 3.8) is 0 Å². The molecule has 0 atom stereocenters. The fourth-order valence-corrected chi connectivity index (χ4v) is 1.08. The third-order valence-corrected chi connectivity index (χ3v) is 1.73. The monoisotopic (exact) mass is 189 g/mol. The summed E-state index contributed by atoms with van der Waals surface area (Å²) in [5.41, 5.74) is 0.200. The Balaban J connectivity index is 2.46. The number of hydrogen-bond donors (Lipinski definition) is 1. The molecule has 0 fully saturated rings. The largest absolute Gasteiger partial charge is 0.478 e. The molecule has 0 aliphatic rings. The van der Waals surface area contributed by atoms with E-state index in [1.807, 2.05) is 0 Å². The van der Waals surface area contributed by atoms with E-state index in [0.29, 0.717) is 5.82 Å². The average molecular weight is 189 g/mol. The maximum absolute atomic E-state index is 10.7. The summed E-state index contributed by atoms with van der Waals surface area (Å²) in [6, 6.07) is 4.65. The Morgan fingerprint density at radius 2 is 2.29 bits per heavy atom. The van der Waals surface area contributed by atoms with Crippen LogP contribution in [0.25, 0.3) is 5.82 Å². The van der Waals surface area contributed by atoms with E-state index >= 15 is 0 Å². The van der Waals surface area contributed by atoms with Crippen molar-refractivity contribution in [1.29, 1.82) is 0 Å². The summed E-state index contributed by atoms with van der Waals surface area (Å²) in [7, 11) is 0. The molecule has 0 amide bonds. The highest BCUT2D eigenvalue weighted by Crippen LogP contribution is 2.05. The molecule has 0 bridgehead atoms. The van der Waals surface area contributed by atoms with Crippen molar-refractivity contribution in [2.45, 2.75) is 0 Å². The number of carboxylic acid groups (broad SMARTS) is 1. The summed E-state index contributed by atoms with van der Waals surface area (Å²) < 4.78 is 1.51. The molecule has 0 unspecified atom stereocenters. The Hall–Kier alpha value is -2.17. The van der Waals surface area contributed by atoms with Gasteiger partial charge in [0.2, 0.25) is 0 Å². The molecule has 5 heteroatoms. The molecule has 14 heavy (non-hydrogen) atoms. The summed E-state index contributed by atoms with van der Waals surface area (Å²) in [5, 5.41) is 12.7. The molecule has 0 spiro atoms. The molecule has 2 heterocycles. The predicted octanol–water partition coefficient (Wildman–Crippen LogP) is 0.965. The van der Waals surface area contributed by atoms with Gasteiger partial charge >= 0.3 is 5.97 Å². The molecule has 5 nitrogen and oxygen atoms in total. The first-order valence-corrected chi connectivity index (χ1v) is 3.97. The van der Waals surface area contributed by atoms with Gasteiger partial charge in [-0.05, 0) is 18.2 Å². The molecule has 0 radical (unpaired) electrons. The highest BCUT2D eigenvalue weighted by molar-refractivity contribution is 5.87. The van der Waals surface area contributed by atoms with Gasteiger partial charge in [0, 0.05) is 18.6 Å². The van der Waals surface area contributed by atoms with Gasteiger partial charge in [0.1, 0.15) is 0 Å². The first-order valence-electron chi connectivity index (χ1n) is 3.97. The summed E-state index contributed by atoms with van der Waals surface area (Å²) in [6.45, 7) is 0. The second kappa shape index (κ2) is 3.29. The Bertz CT molecular complexity index is 451. The molecule has 2 aromatic heterocycles. The number of aromatic nitrogens is 3. The van der Waals surface area contributed by atoms with Crippen LogP contribution in [-0.2, 0) is 0 Å². The lowest BCUT2D eigenvalue weighted by Crippen LogP contribution is -2.02. The van der Waals surface area contributed by atoms with Crippen LogP contribution in [0.2, 0.25) is 0 Å². The molecule has 0 aliphatic carbocycles. The standard InChI is InChI=1S/C9H7N3O2/c13-9(14)7-2-4-10-8(6-7)12-5-1-3-11-12/h1-6H,(H,13,14). The van der Waals surface area contributed by atoms with Crippen LogP contribution in [0.4, 0.5) is 0 Å². The molecule has 70 valence electrons. The highest BCUT2D eigenvalue weighted by atomic mass is 16.4. The van der Waals surface area contributed by atoms with E-state index in [4.69, 9.17) is 5.11 Å². The third-order valence-electron chi connectivity index (χ3n) is 1.73. The fraction of sp³-hybridized carbons (Fsp3) is 0. The van der Waals surface area contributed by atoms with E-state index in [9.17, 15) is 4.79 Å². The van der Waals surface area contributed by atoms with Gasteiger partial charge in [-0.15, -0.1) is 0 Å². The first-order chi connectivity index (χ1) is 6.77. The lowest BCUT2D eigenvalue weighted by Gasteiger charge is -2.00. The number of rotatable bonds is 2. The highest BCUT2D eigenvalue weighted by Gasteiger charge is 2.04. The SMILES string of the molecule is O=C(O)c1ccnc(-n2cccn2)c1. The van der Waals surface area contributed by atoms with E-state index in [0.717, 1.165) is 0 Å². The fourth-order valence-electron chi connectivity index (χ4n) is 1.08. The molecule has 0 aliphatic heterocycles. The Kier molecular flexibility index (Phi) is 1.98. The smallest absolute Gasteiger partial charge is 0.335 e. The second-order valence-corrected chi connectivity index (χ2v) is 2.66. The van der Waals surface area contributed by atoms with Gasteiger partial charge in [-0.1, -0.05) is 0 Å². The minimum absolute atomic E-state index is 0.200. The van der Waals surface area contributed by atoms with Crippen molar-refractivity contribution >= 4 is 5.97 Å². The van der Waals surface area contributed by atoms with Crippen molar-refractivity contribution in [2.75, 3.05) is 0 Å². The van der Waals surface area contributed by atoms with Crippen molar-refractivity contribution in [1.82, 2.24) is 14.8 Å². The maximum Gasteiger partial charge on any atom is 0.335 e. The van der Waals surface area contributed by atoms with E-state index < -0.39 is 5.97 Å². The van der Waals surface area contributed by atoms with Crippen LogP contribution >= 0.6 is 0 Å². The van der Waals surface area contributed by atoms with Crippen LogP contribution in [0.15, 0.2) is 36.8 Å². The summed E-state index contributed by atoms with van der Waals surface area (Å²) >= 11 is 0. The second-order valence-electron chi connectivity index (χ2n) is 2.66. The Morgan fingerprint density at radius 3 is 2.93 bits per heavy atom. The van der Waals surface area contributed by atoms with Gasteiger partial charge in [0.25, 0.3) is 0 Å². The minimum atomic E-state index is -0.971. The van der Waals surface area contributed by atoms with Crippen LogP contribution in [0.1, 0.15) is 10.4 Å². The van der Waals surface area contributed by atoms with Crippen molar-refractivity contribution in [3.05, 3.63) is 42.4 Å². The van der Waals surface area contributed by atoms with Crippen molar-refractivity contribution in [3.8, 4) is 5.82 Å². The predicted molar refractivity (Wildman–Crippen MR) is 48.3 cm³/mol. The number of pyridine rings is 1. The Labute approximate surface area is 79.6 Å². The number of aromatic carboxylic acids is 1. The normalized spacial score (nSPS) is 10.0. The summed E-state index contributed by atoms with van der Waals surface area (Å²) in [6.07, 6.45) is 4.75. The summed E-state index contributed by atoms with van der Waals surface area (Å²) in [5.74, 6) is -0.476. The van der Waals surface area contributed by atoms with E-state index in [1.54, 1.807) is 18.5 Å². The zero-order valence-corrected chi connectivity index (χ0v) is 7.16. The quantitative estimate of drug-likeness (QED) is 0.764. The van der Waals surface area contributed by atoms with E-state index in [2.05, 4.69) is 10.1 Å². The number of nitrogens with zero attached hydrogens (tertiary/aromatic N) is 3. The zero-order valence-electron chi connectivity index (χ0n) is 7.16.